The lowest BCUT2D eigenvalue weighted by atomic mass is 10.2. The summed E-state index contributed by atoms with van der Waals surface area (Å²) in [5.74, 6) is -0.192. The van der Waals surface area contributed by atoms with Crippen molar-refractivity contribution in [3.05, 3.63) is 45.2 Å². The highest BCUT2D eigenvalue weighted by Gasteiger charge is 2.17. The standard InChI is InChI=1S/C12H11ClN4O3S/c13-7-3-1-6(2-4-7)5-17-10(20-11(15)19)8(14)9(18)16-12(17)21/h1-4H,5,14H2,(H2,15,19)(H,16,18,21). The fourth-order valence-electron chi connectivity index (χ4n) is 1.66. The second-order valence-corrected chi connectivity index (χ2v) is 4.91. The molecule has 21 heavy (non-hydrogen) atoms. The SMILES string of the molecule is NC(=O)Oc1c(N)c(=O)nc(S)n1Cc1ccc(Cl)cc1. The predicted octanol–water partition coefficient (Wildman–Crippen LogP) is 1.27. The van der Waals surface area contributed by atoms with E-state index in [1.165, 1.54) is 4.57 Å². The van der Waals surface area contributed by atoms with Crippen molar-refractivity contribution in [3.63, 3.8) is 0 Å². The zero-order chi connectivity index (χ0) is 15.6. The molecule has 0 aliphatic carbocycles. The first kappa shape index (κ1) is 15.2. The summed E-state index contributed by atoms with van der Waals surface area (Å²) in [7, 11) is 0. The van der Waals surface area contributed by atoms with E-state index in [-0.39, 0.29) is 23.3 Å². The van der Waals surface area contributed by atoms with Gasteiger partial charge in [-0.15, -0.1) is 12.6 Å². The largest absolute Gasteiger partial charge is 0.411 e. The quantitative estimate of drug-likeness (QED) is 0.580. The van der Waals surface area contributed by atoms with Gasteiger partial charge in [0.25, 0.3) is 0 Å². The van der Waals surface area contributed by atoms with Gasteiger partial charge < -0.3 is 16.2 Å². The van der Waals surface area contributed by atoms with Crippen molar-refractivity contribution < 1.29 is 9.53 Å². The van der Waals surface area contributed by atoms with Crippen LogP contribution in [0.2, 0.25) is 5.02 Å². The molecule has 0 bridgehead atoms. The molecule has 0 saturated heterocycles. The number of carbonyl (C=O) groups excluding carboxylic acids is 1. The topological polar surface area (TPSA) is 113 Å². The number of nitrogens with zero attached hydrogens (tertiary/aromatic N) is 2. The first-order valence-electron chi connectivity index (χ1n) is 5.69. The third-order valence-electron chi connectivity index (χ3n) is 2.60. The predicted molar refractivity (Wildman–Crippen MR) is 80.9 cm³/mol. The van der Waals surface area contributed by atoms with E-state index in [4.69, 9.17) is 27.8 Å². The van der Waals surface area contributed by atoms with Crippen molar-refractivity contribution in [2.75, 3.05) is 5.73 Å². The second kappa shape index (κ2) is 6.06. The van der Waals surface area contributed by atoms with Gasteiger partial charge in [-0.1, -0.05) is 23.7 Å². The Bertz CT molecular complexity index is 745. The Balaban J connectivity index is 2.50. The maximum Gasteiger partial charge on any atom is 0.411 e. The van der Waals surface area contributed by atoms with Crippen LogP contribution in [0.3, 0.4) is 0 Å². The Morgan fingerprint density at radius 1 is 1.38 bits per heavy atom. The van der Waals surface area contributed by atoms with E-state index in [0.29, 0.717) is 5.02 Å². The van der Waals surface area contributed by atoms with E-state index in [9.17, 15) is 9.59 Å². The molecule has 4 N–H and O–H groups in total. The normalized spacial score (nSPS) is 10.4. The molecule has 0 atom stereocenters. The molecule has 110 valence electrons. The maximum atomic E-state index is 11.5. The van der Waals surface area contributed by atoms with Crippen LogP contribution in [0.25, 0.3) is 0 Å². The molecule has 2 aromatic rings. The van der Waals surface area contributed by atoms with E-state index >= 15 is 0 Å². The number of benzene rings is 1. The smallest absolute Gasteiger partial charge is 0.391 e. The molecule has 0 spiro atoms. The minimum Gasteiger partial charge on any atom is -0.391 e. The number of carbonyl (C=O) groups is 1. The van der Waals surface area contributed by atoms with Gasteiger partial charge in [-0.3, -0.25) is 9.36 Å². The zero-order valence-electron chi connectivity index (χ0n) is 10.6. The Morgan fingerprint density at radius 3 is 2.57 bits per heavy atom. The van der Waals surface area contributed by atoms with Crippen LogP contribution in [-0.2, 0) is 6.54 Å². The third-order valence-corrected chi connectivity index (χ3v) is 3.19. The maximum absolute atomic E-state index is 11.5. The minimum absolute atomic E-state index is 0.0420. The van der Waals surface area contributed by atoms with Crippen LogP contribution < -0.4 is 21.8 Å². The van der Waals surface area contributed by atoms with Gasteiger partial charge in [0.2, 0.25) is 5.88 Å². The molecule has 0 unspecified atom stereocenters. The zero-order valence-corrected chi connectivity index (χ0v) is 12.3. The highest BCUT2D eigenvalue weighted by Crippen LogP contribution is 2.22. The van der Waals surface area contributed by atoms with E-state index in [0.717, 1.165) is 5.56 Å². The van der Waals surface area contributed by atoms with E-state index in [1.54, 1.807) is 24.3 Å². The molecular formula is C12H11ClN4O3S. The Kier molecular flexibility index (Phi) is 4.39. The molecule has 1 heterocycles. The second-order valence-electron chi connectivity index (χ2n) is 4.07. The van der Waals surface area contributed by atoms with Gasteiger partial charge in [0.1, 0.15) is 0 Å². The number of nitrogen functional groups attached to an aromatic ring is 1. The Morgan fingerprint density at radius 2 is 2.00 bits per heavy atom. The van der Waals surface area contributed by atoms with Crippen LogP contribution in [0, 0.1) is 0 Å². The minimum atomic E-state index is -1.09. The number of hydrogen-bond acceptors (Lipinski definition) is 6. The monoisotopic (exact) mass is 326 g/mol. The summed E-state index contributed by atoms with van der Waals surface area (Å²) in [6.07, 6.45) is -1.09. The molecule has 1 aromatic heterocycles. The molecule has 0 aliphatic rings. The lowest BCUT2D eigenvalue weighted by molar-refractivity contribution is 0.206. The summed E-state index contributed by atoms with van der Waals surface area (Å²) < 4.78 is 6.15. The van der Waals surface area contributed by atoms with Gasteiger partial charge in [-0.05, 0) is 17.7 Å². The van der Waals surface area contributed by atoms with Gasteiger partial charge >= 0.3 is 11.7 Å². The van der Waals surface area contributed by atoms with Crippen molar-refractivity contribution in [1.82, 2.24) is 9.55 Å². The van der Waals surface area contributed by atoms with E-state index in [1.807, 2.05) is 0 Å². The summed E-state index contributed by atoms with van der Waals surface area (Å²) in [5.41, 5.74) is 10.3. The average Bonchev–Trinajstić information content (AvgIpc) is 2.42. The van der Waals surface area contributed by atoms with Crippen molar-refractivity contribution in [2.24, 2.45) is 5.73 Å². The molecule has 0 radical (unpaired) electrons. The molecule has 0 fully saturated rings. The lowest BCUT2D eigenvalue weighted by Crippen LogP contribution is -2.26. The lowest BCUT2D eigenvalue weighted by Gasteiger charge is -2.15. The van der Waals surface area contributed by atoms with Crippen LogP contribution >= 0.6 is 24.2 Å². The summed E-state index contributed by atoms with van der Waals surface area (Å²) in [5, 5.41) is 0.622. The highest BCUT2D eigenvalue weighted by atomic mass is 35.5. The van der Waals surface area contributed by atoms with Crippen molar-refractivity contribution in [3.8, 4) is 5.88 Å². The number of thiol groups is 1. The van der Waals surface area contributed by atoms with E-state index < -0.39 is 11.7 Å². The molecular weight excluding hydrogens is 316 g/mol. The summed E-state index contributed by atoms with van der Waals surface area (Å²) in [4.78, 5) is 26.1. The molecule has 0 saturated carbocycles. The van der Waals surface area contributed by atoms with E-state index in [2.05, 4.69) is 17.6 Å². The number of primary amides is 1. The molecule has 1 amide bonds. The average molecular weight is 327 g/mol. The number of nitrogens with two attached hydrogens (primary N) is 2. The number of amides is 1. The number of ether oxygens (including phenoxy) is 1. The molecule has 9 heteroatoms. The van der Waals surface area contributed by atoms with Crippen LogP contribution in [0.15, 0.2) is 34.2 Å². The van der Waals surface area contributed by atoms with Crippen molar-refractivity contribution in [2.45, 2.75) is 11.7 Å². The summed E-state index contributed by atoms with van der Waals surface area (Å²) in [6, 6.07) is 6.92. The van der Waals surface area contributed by atoms with Crippen LogP contribution in [0.5, 0.6) is 5.88 Å². The number of halogens is 1. The van der Waals surface area contributed by atoms with Gasteiger partial charge in [0.15, 0.2) is 10.8 Å². The van der Waals surface area contributed by atoms with Gasteiger partial charge in [0.05, 0.1) is 6.54 Å². The van der Waals surface area contributed by atoms with Crippen LogP contribution in [0.1, 0.15) is 5.56 Å². The Hall–Kier alpha value is -2.19. The Labute approximate surface area is 129 Å². The molecule has 0 aliphatic heterocycles. The van der Waals surface area contributed by atoms with Crippen LogP contribution in [-0.4, -0.2) is 15.6 Å². The fourth-order valence-corrected chi connectivity index (χ4v) is 2.04. The van der Waals surface area contributed by atoms with Crippen LogP contribution in [0.4, 0.5) is 10.5 Å². The number of anilines is 1. The van der Waals surface area contributed by atoms with Gasteiger partial charge in [-0.25, -0.2) is 4.79 Å². The van der Waals surface area contributed by atoms with Crippen molar-refractivity contribution in [1.29, 1.82) is 0 Å². The number of aromatic nitrogens is 2. The van der Waals surface area contributed by atoms with Crippen molar-refractivity contribution >= 4 is 36.0 Å². The first-order chi connectivity index (χ1) is 9.88. The molecule has 1 aromatic carbocycles. The summed E-state index contributed by atoms with van der Waals surface area (Å²) >= 11 is 9.91. The number of hydrogen-bond donors (Lipinski definition) is 3. The van der Waals surface area contributed by atoms with Gasteiger partial charge in [-0.2, -0.15) is 4.98 Å². The number of rotatable bonds is 3. The third kappa shape index (κ3) is 3.47. The molecule has 7 nitrogen and oxygen atoms in total. The fraction of sp³-hybridized carbons (Fsp3) is 0.0833. The first-order valence-corrected chi connectivity index (χ1v) is 6.52. The summed E-state index contributed by atoms with van der Waals surface area (Å²) in [6.45, 7) is 0.218. The van der Waals surface area contributed by atoms with Gasteiger partial charge in [0, 0.05) is 5.02 Å². The highest BCUT2D eigenvalue weighted by molar-refractivity contribution is 7.80. The molecule has 2 rings (SSSR count).